The average Bonchev–Trinajstić information content (AvgIpc) is 2.65. The van der Waals surface area contributed by atoms with Crippen LogP contribution in [0.2, 0.25) is 0 Å². The number of benzene rings is 1. The standard InChI is InChI=1S/C11H9NO2S/c1-7-3-2-4-8(5-7)10-9(11(13)14)12-6-15-10/h2-6H,1H3,(H,13,14). The van der Waals surface area contributed by atoms with E-state index in [0.717, 1.165) is 11.1 Å². The molecule has 0 unspecified atom stereocenters. The first-order valence-corrected chi connectivity index (χ1v) is 5.30. The molecule has 0 spiro atoms. The van der Waals surface area contributed by atoms with Gasteiger partial charge < -0.3 is 5.11 Å². The third-order valence-electron chi connectivity index (χ3n) is 2.05. The minimum atomic E-state index is -0.979. The van der Waals surface area contributed by atoms with E-state index in [4.69, 9.17) is 5.11 Å². The minimum Gasteiger partial charge on any atom is -0.476 e. The first-order chi connectivity index (χ1) is 7.18. The Morgan fingerprint density at radius 2 is 2.27 bits per heavy atom. The summed E-state index contributed by atoms with van der Waals surface area (Å²) in [4.78, 5) is 15.4. The zero-order valence-corrected chi connectivity index (χ0v) is 8.91. The highest BCUT2D eigenvalue weighted by atomic mass is 32.1. The Balaban J connectivity index is 2.54. The monoisotopic (exact) mass is 219 g/mol. The number of thiazole rings is 1. The largest absolute Gasteiger partial charge is 0.476 e. The molecule has 76 valence electrons. The van der Waals surface area contributed by atoms with Crippen molar-refractivity contribution in [1.29, 1.82) is 0 Å². The average molecular weight is 219 g/mol. The fourth-order valence-electron chi connectivity index (χ4n) is 1.39. The lowest BCUT2D eigenvalue weighted by atomic mass is 10.1. The quantitative estimate of drug-likeness (QED) is 0.844. The van der Waals surface area contributed by atoms with Crippen LogP contribution in [-0.2, 0) is 0 Å². The number of hydrogen-bond acceptors (Lipinski definition) is 3. The number of carbonyl (C=O) groups is 1. The maximum absolute atomic E-state index is 10.9. The third kappa shape index (κ3) is 1.89. The highest BCUT2D eigenvalue weighted by Crippen LogP contribution is 2.28. The van der Waals surface area contributed by atoms with E-state index in [-0.39, 0.29) is 5.69 Å². The van der Waals surface area contributed by atoms with E-state index in [9.17, 15) is 4.79 Å². The number of nitrogens with zero attached hydrogens (tertiary/aromatic N) is 1. The number of aryl methyl sites for hydroxylation is 1. The molecule has 0 saturated carbocycles. The van der Waals surface area contributed by atoms with E-state index in [1.165, 1.54) is 11.3 Å². The van der Waals surface area contributed by atoms with Gasteiger partial charge in [0.1, 0.15) is 0 Å². The number of hydrogen-bond donors (Lipinski definition) is 1. The van der Waals surface area contributed by atoms with Crippen LogP contribution in [0.3, 0.4) is 0 Å². The zero-order valence-electron chi connectivity index (χ0n) is 8.10. The molecule has 1 N–H and O–H groups in total. The fourth-order valence-corrected chi connectivity index (χ4v) is 2.17. The Bertz CT molecular complexity index is 505. The van der Waals surface area contributed by atoms with Crippen LogP contribution < -0.4 is 0 Å². The first kappa shape index (κ1) is 9.86. The van der Waals surface area contributed by atoms with Gasteiger partial charge >= 0.3 is 5.97 Å². The van der Waals surface area contributed by atoms with Gasteiger partial charge in [-0.25, -0.2) is 9.78 Å². The van der Waals surface area contributed by atoms with Crippen molar-refractivity contribution in [3.63, 3.8) is 0 Å². The van der Waals surface area contributed by atoms with Crippen molar-refractivity contribution in [1.82, 2.24) is 4.98 Å². The number of aromatic nitrogens is 1. The fraction of sp³-hybridized carbons (Fsp3) is 0.0909. The lowest BCUT2D eigenvalue weighted by Gasteiger charge is -2.00. The number of carboxylic acid groups (broad SMARTS) is 1. The van der Waals surface area contributed by atoms with Gasteiger partial charge in [-0.05, 0) is 12.5 Å². The molecule has 1 aromatic carbocycles. The van der Waals surface area contributed by atoms with Crippen molar-refractivity contribution in [2.45, 2.75) is 6.92 Å². The Hall–Kier alpha value is -1.68. The summed E-state index contributed by atoms with van der Waals surface area (Å²) < 4.78 is 0. The second kappa shape index (κ2) is 3.82. The lowest BCUT2D eigenvalue weighted by molar-refractivity contribution is 0.0692. The molecule has 0 amide bonds. The highest BCUT2D eigenvalue weighted by Gasteiger charge is 2.14. The molecule has 3 nitrogen and oxygen atoms in total. The molecule has 0 aliphatic heterocycles. The summed E-state index contributed by atoms with van der Waals surface area (Å²) in [6, 6.07) is 7.74. The molecule has 0 saturated heterocycles. The summed E-state index contributed by atoms with van der Waals surface area (Å²) in [5.41, 5.74) is 3.71. The van der Waals surface area contributed by atoms with E-state index < -0.39 is 5.97 Å². The molecule has 0 aliphatic carbocycles. The predicted octanol–water partition coefficient (Wildman–Crippen LogP) is 2.82. The summed E-state index contributed by atoms with van der Waals surface area (Å²) in [6.45, 7) is 1.98. The van der Waals surface area contributed by atoms with E-state index in [0.29, 0.717) is 4.88 Å². The second-order valence-electron chi connectivity index (χ2n) is 3.20. The number of aromatic carboxylic acids is 1. The third-order valence-corrected chi connectivity index (χ3v) is 2.93. The molecule has 2 aromatic rings. The molecular formula is C11H9NO2S. The van der Waals surface area contributed by atoms with Gasteiger partial charge in [-0.1, -0.05) is 29.8 Å². The van der Waals surface area contributed by atoms with Crippen LogP contribution in [0.25, 0.3) is 10.4 Å². The number of carboxylic acids is 1. The van der Waals surface area contributed by atoms with Crippen molar-refractivity contribution < 1.29 is 9.90 Å². The molecule has 0 bridgehead atoms. The molecule has 2 rings (SSSR count). The zero-order chi connectivity index (χ0) is 10.8. The maximum Gasteiger partial charge on any atom is 0.356 e. The highest BCUT2D eigenvalue weighted by molar-refractivity contribution is 7.13. The van der Waals surface area contributed by atoms with Gasteiger partial charge in [-0.2, -0.15) is 0 Å². The predicted molar refractivity (Wildman–Crippen MR) is 59.2 cm³/mol. The molecule has 0 radical (unpaired) electrons. The van der Waals surface area contributed by atoms with Crippen molar-refractivity contribution in [3.8, 4) is 10.4 Å². The Kier molecular flexibility index (Phi) is 2.51. The van der Waals surface area contributed by atoms with Crippen LogP contribution in [0.4, 0.5) is 0 Å². The Labute approximate surface area is 91.0 Å². The van der Waals surface area contributed by atoms with Gasteiger partial charge in [-0.3, -0.25) is 0 Å². The summed E-state index contributed by atoms with van der Waals surface area (Å²) >= 11 is 1.35. The number of rotatable bonds is 2. The van der Waals surface area contributed by atoms with Crippen LogP contribution in [0.1, 0.15) is 16.1 Å². The molecule has 0 aliphatic rings. The molecule has 1 aromatic heterocycles. The molecule has 0 atom stereocenters. The molecule has 15 heavy (non-hydrogen) atoms. The lowest BCUT2D eigenvalue weighted by Crippen LogP contribution is -1.98. The second-order valence-corrected chi connectivity index (χ2v) is 4.06. The summed E-state index contributed by atoms with van der Waals surface area (Å²) in [5, 5.41) is 8.93. The van der Waals surface area contributed by atoms with E-state index >= 15 is 0 Å². The van der Waals surface area contributed by atoms with Crippen molar-refractivity contribution >= 4 is 17.3 Å². The van der Waals surface area contributed by atoms with Gasteiger partial charge in [-0.15, -0.1) is 11.3 Å². The van der Waals surface area contributed by atoms with E-state index in [1.54, 1.807) is 5.51 Å². The summed E-state index contributed by atoms with van der Waals surface area (Å²) in [6.07, 6.45) is 0. The van der Waals surface area contributed by atoms with Crippen LogP contribution in [-0.4, -0.2) is 16.1 Å². The van der Waals surface area contributed by atoms with Crippen molar-refractivity contribution in [2.75, 3.05) is 0 Å². The molecular weight excluding hydrogens is 210 g/mol. The van der Waals surface area contributed by atoms with Crippen LogP contribution >= 0.6 is 11.3 Å². The van der Waals surface area contributed by atoms with Crippen molar-refractivity contribution in [2.24, 2.45) is 0 Å². The van der Waals surface area contributed by atoms with E-state index in [1.807, 2.05) is 31.2 Å². The minimum absolute atomic E-state index is 0.130. The van der Waals surface area contributed by atoms with E-state index in [2.05, 4.69) is 4.98 Å². The topological polar surface area (TPSA) is 50.2 Å². The molecule has 4 heteroatoms. The maximum atomic E-state index is 10.9. The normalized spacial score (nSPS) is 10.2. The smallest absolute Gasteiger partial charge is 0.356 e. The summed E-state index contributed by atoms with van der Waals surface area (Å²) in [5.74, 6) is -0.979. The van der Waals surface area contributed by atoms with Gasteiger partial charge in [0.2, 0.25) is 0 Å². The first-order valence-electron chi connectivity index (χ1n) is 4.42. The van der Waals surface area contributed by atoms with Gasteiger partial charge in [0.25, 0.3) is 0 Å². The van der Waals surface area contributed by atoms with Crippen LogP contribution in [0.15, 0.2) is 29.8 Å². The molecule has 0 fully saturated rings. The van der Waals surface area contributed by atoms with Gasteiger partial charge in [0.15, 0.2) is 5.69 Å². The Morgan fingerprint density at radius 3 is 2.93 bits per heavy atom. The Morgan fingerprint density at radius 1 is 1.47 bits per heavy atom. The van der Waals surface area contributed by atoms with Crippen LogP contribution in [0.5, 0.6) is 0 Å². The van der Waals surface area contributed by atoms with Gasteiger partial charge in [0, 0.05) is 0 Å². The van der Waals surface area contributed by atoms with Crippen molar-refractivity contribution in [3.05, 3.63) is 41.0 Å². The SMILES string of the molecule is Cc1cccc(-c2scnc2C(=O)O)c1. The summed E-state index contributed by atoms with van der Waals surface area (Å²) in [7, 11) is 0. The van der Waals surface area contributed by atoms with Gasteiger partial charge in [0.05, 0.1) is 10.4 Å². The molecule has 1 heterocycles. The van der Waals surface area contributed by atoms with Crippen LogP contribution in [0, 0.1) is 6.92 Å².